The number of carbonyl (C=O) groups is 1. The second-order valence-electron chi connectivity index (χ2n) is 9.27. The molecule has 1 heterocycles. The first-order chi connectivity index (χ1) is 17.1. The summed E-state index contributed by atoms with van der Waals surface area (Å²) in [6.45, 7) is 4.50. The minimum absolute atomic E-state index is 0.325. The first-order valence-corrected chi connectivity index (χ1v) is 11.4. The molecule has 1 amide bonds. The second-order valence-corrected chi connectivity index (χ2v) is 9.27. The van der Waals surface area contributed by atoms with Crippen molar-refractivity contribution in [2.24, 2.45) is 5.41 Å². The first-order valence-electron chi connectivity index (χ1n) is 11.4. The summed E-state index contributed by atoms with van der Waals surface area (Å²) in [7, 11) is 0. The third-order valence-corrected chi connectivity index (χ3v) is 5.97. The van der Waals surface area contributed by atoms with Crippen LogP contribution in [0.3, 0.4) is 0 Å². The summed E-state index contributed by atoms with van der Waals surface area (Å²) in [6.07, 6.45) is 0.760. The van der Waals surface area contributed by atoms with Crippen LogP contribution in [0.25, 0.3) is 16.6 Å². The number of aliphatic hydroxyl groups excluding tert-OH is 1. The van der Waals surface area contributed by atoms with Crippen molar-refractivity contribution in [1.82, 2.24) is 15.1 Å². The zero-order valence-corrected chi connectivity index (χ0v) is 20.0. The fourth-order valence-electron chi connectivity index (χ4n) is 3.72. The van der Waals surface area contributed by atoms with Gasteiger partial charge in [0, 0.05) is 5.39 Å². The zero-order chi connectivity index (χ0) is 26.0. The van der Waals surface area contributed by atoms with Gasteiger partial charge in [-0.2, -0.15) is 5.10 Å². The second kappa shape index (κ2) is 10.0. The lowest BCUT2D eigenvalue weighted by atomic mass is 9.92. The highest BCUT2D eigenvalue weighted by molar-refractivity contribution is 5.82. The number of hydrogen-bond acceptors (Lipinski definition) is 4. The lowest BCUT2D eigenvalue weighted by Crippen LogP contribution is -2.46. The first kappa shape index (κ1) is 25.2. The monoisotopic (exact) mass is 497 g/mol. The number of ether oxygens (including phenoxy) is 1. The number of hydrogen-bond donors (Lipinski definition) is 2. The van der Waals surface area contributed by atoms with Gasteiger partial charge in [0.2, 0.25) is 5.91 Å². The van der Waals surface area contributed by atoms with Gasteiger partial charge in [-0.05, 0) is 80.9 Å². The quantitative estimate of drug-likeness (QED) is 0.356. The van der Waals surface area contributed by atoms with Gasteiger partial charge in [0.05, 0.1) is 35.5 Å². The number of carbonyl (C=O) groups excluding carboxylic acids is 1. The Kier molecular flexibility index (Phi) is 7.03. The topological polar surface area (TPSA) is 76.4 Å². The number of halogens is 3. The molecule has 3 aromatic carbocycles. The Morgan fingerprint density at radius 1 is 1.06 bits per heavy atom. The molecule has 1 aromatic heterocycles. The molecule has 0 saturated carbocycles. The summed E-state index contributed by atoms with van der Waals surface area (Å²) < 4.78 is 48.8. The van der Waals surface area contributed by atoms with E-state index in [1.807, 2.05) is 0 Å². The summed E-state index contributed by atoms with van der Waals surface area (Å²) in [5.74, 6) is -2.38. The van der Waals surface area contributed by atoms with E-state index >= 15 is 0 Å². The molecule has 2 unspecified atom stereocenters. The molecule has 9 heteroatoms. The van der Waals surface area contributed by atoms with Gasteiger partial charge in [-0.3, -0.25) is 4.79 Å². The van der Waals surface area contributed by atoms with Gasteiger partial charge in [0.15, 0.2) is 11.6 Å². The average Bonchev–Trinajstić information content (AvgIpc) is 3.28. The van der Waals surface area contributed by atoms with E-state index < -0.39 is 35.1 Å². The molecule has 0 aliphatic rings. The van der Waals surface area contributed by atoms with Crippen LogP contribution in [0, 0.1) is 22.9 Å². The van der Waals surface area contributed by atoms with E-state index in [0.717, 1.165) is 23.0 Å². The summed E-state index contributed by atoms with van der Waals surface area (Å²) in [5.41, 5.74) is 0.721. The maximum Gasteiger partial charge on any atom is 0.228 e. The van der Waals surface area contributed by atoms with Gasteiger partial charge in [0.1, 0.15) is 17.7 Å². The fraction of sp³-hybridized carbons (Fsp3) is 0.259. The number of aromatic nitrogens is 2. The number of nitrogens with one attached hydrogen (secondary N) is 1. The summed E-state index contributed by atoms with van der Waals surface area (Å²) in [6, 6.07) is 13.9. The van der Waals surface area contributed by atoms with Crippen molar-refractivity contribution in [1.29, 1.82) is 0 Å². The Morgan fingerprint density at radius 2 is 1.78 bits per heavy atom. The Morgan fingerprint density at radius 3 is 2.44 bits per heavy atom. The van der Waals surface area contributed by atoms with Crippen LogP contribution in [0.2, 0.25) is 0 Å². The highest BCUT2D eigenvalue weighted by Crippen LogP contribution is 2.30. The zero-order valence-electron chi connectivity index (χ0n) is 20.0. The number of benzene rings is 3. The predicted octanol–water partition coefficient (Wildman–Crippen LogP) is 5.09. The van der Waals surface area contributed by atoms with Crippen molar-refractivity contribution in [3.8, 4) is 11.4 Å². The van der Waals surface area contributed by atoms with Crippen molar-refractivity contribution in [3.05, 3.63) is 89.9 Å². The molecular formula is C27H26F3N3O3. The SMILES string of the molecule is CC(NC(=O)C(C)(C)CO)C(Oc1ccc2c(cnn2-c2ccc(F)cc2)c1)c1ccc(F)c(F)c1. The molecular weight excluding hydrogens is 471 g/mol. The molecule has 6 nitrogen and oxygen atoms in total. The Hall–Kier alpha value is -3.85. The van der Waals surface area contributed by atoms with Gasteiger partial charge >= 0.3 is 0 Å². The molecule has 4 aromatic rings. The molecule has 0 spiro atoms. The van der Waals surface area contributed by atoms with Gasteiger partial charge in [0.25, 0.3) is 0 Å². The molecule has 2 atom stereocenters. The summed E-state index contributed by atoms with van der Waals surface area (Å²) in [5, 5.41) is 17.4. The number of amides is 1. The Labute approximate surface area is 206 Å². The Bertz CT molecular complexity index is 1390. The lowest BCUT2D eigenvalue weighted by Gasteiger charge is -2.30. The van der Waals surface area contributed by atoms with E-state index in [4.69, 9.17) is 4.74 Å². The maximum absolute atomic E-state index is 14.1. The molecule has 0 radical (unpaired) electrons. The molecule has 4 rings (SSSR count). The van der Waals surface area contributed by atoms with Gasteiger partial charge in [-0.25, -0.2) is 17.9 Å². The van der Waals surface area contributed by atoms with Crippen molar-refractivity contribution in [2.75, 3.05) is 6.61 Å². The average molecular weight is 498 g/mol. The third kappa shape index (κ3) is 5.21. The van der Waals surface area contributed by atoms with Crippen LogP contribution >= 0.6 is 0 Å². The normalized spacial score (nSPS) is 13.4. The fourth-order valence-corrected chi connectivity index (χ4v) is 3.72. The highest BCUT2D eigenvalue weighted by Gasteiger charge is 2.31. The van der Waals surface area contributed by atoms with E-state index in [1.54, 1.807) is 62.0 Å². The van der Waals surface area contributed by atoms with Crippen LogP contribution in [0.15, 0.2) is 66.9 Å². The van der Waals surface area contributed by atoms with Crippen LogP contribution in [0.1, 0.15) is 32.4 Å². The number of fused-ring (bicyclic) bond motifs is 1. The molecule has 0 bridgehead atoms. The van der Waals surface area contributed by atoms with Crippen molar-refractivity contribution >= 4 is 16.8 Å². The van der Waals surface area contributed by atoms with E-state index in [2.05, 4.69) is 10.4 Å². The van der Waals surface area contributed by atoms with Crippen LogP contribution in [-0.2, 0) is 4.79 Å². The molecule has 0 saturated heterocycles. The lowest BCUT2D eigenvalue weighted by molar-refractivity contribution is -0.132. The Balaban J connectivity index is 1.65. The summed E-state index contributed by atoms with van der Waals surface area (Å²) >= 11 is 0. The number of nitrogens with zero attached hydrogens (tertiary/aromatic N) is 2. The molecule has 0 aliphatic carbocycles. The smallest absolute Gasteiger partial charge is 0.228 e. The van der Waals surface area contributed by atoms with E-state index in [0.29, 0.717) is 17.0 Å². The highest BCUT2D eigenvalue weighted by atomic mass is 19.2. The van der Waals surface area contributed by atoms with Crippen LogP contribution in [0.5, 0.6) is 5.75 Å². The minimum Gasteiger partial charge on any atom is -0.484 e. The standard InChI is InChI=1S/C27H26F3N3O3/c1-16(32-26(35)27(2,3)15-34)25(17-4-10-22(29)23(30)13-17)36-21-9-11-24-18(12-21)14-31-33(24)20-7-5-19(28)6-8-20/h4-14,16,25,34H,15H2,1-3H3,(H,32,35). The van der Waals surface area contributed by atoms with Gasteiger partial charge in [-0.1, -0.05) is 6.07 Å². The third-order valence-electron chi connectivity index (χ3n) is 5.97. The van der Waals surface area contributed by atoms with E-state index in [9.17, 15) is 23.1 Å². The number of rotatable bonds is 8. The van der Waals surface area contributed by atoms with Crippen molar-refractivity contribution in [3.63, 3.8) is 0 Å². The predicted molar refractivity (Wildman–Crippen MR) is 129 cm³/mol. The van der Waals surface area contributed by atoms with Gasteiger partial charge in [-0.15, -0.1) is 0 Å². The van der Waals surface area contributed by atoms with Crippen molar-refractivity contribution in [2.45, 2.75) is 32.9 Å². The minimum atomic E-state index is -1.04. The van der Waals surface area contributed by atoms with Crippen LogP contribution in [0.4, 0.5) is 13.2 Å². The van der Waals surface area contributed by atoms with Gasteiger partial charge < -0.3 is 15.2 Å². The van der Waals surface area contributed by atoms with Crippen LogP contribution < -0.4 is 10.1 Å². The molecule has 36 heavy (non-hydrogen) atoms. The molecule has 2 N–H and O–H groups in total. The maximum atomic E-state index is 14.1. The summed E-state index contributed by atoms with van der Waals surface area (Å²) in [4.78, 5) is 12.7. The van der Waals surface area contributed by atoms with Crippen molar-refractivity contribution < 1.29 is 27.8 Å². The molecule has 188 valence electrons. The number of aliphatic hydroxyl groups is 1. The van der Waals surface area contributed by atoms with E-state index in [-0.39, 0.29) is 12.4 Å². The molecule has 0 aliphatic heterocycles. The molecule has 0 fully saturated rings. The van der Waals surface area contributed by atoms with E-state index in [1.165, 1.54) is 18.2 Å². The largest absolute Gasteiger partial charge is 0.484 e. The van der Waals surface area contributed by atoms with Crippen LogP contribution in [-0.4, -0.2) is 33.4 Å².